The summed E-state index contributed by atoms with van der Waals surface area (Å²) in [7, 11) is 0. The number of rotatable bonds is 1. The van der Waals surface area contributed by atoms with E-state index in [1.807, 2.05) is 18.2 Å². The van der Waals surface area contributed by atoms with Crippen LogP contribution in [0.1, 0.15) is 23.7 Å². The van der Waals surface area contributed by atoms with Crippen molar-refractivity contribution in [1.29, 1.82) is 0 Å². The molecule has 106 valence electrons. The van der Waals surface area contributed by atoms with Crippen molar-refractivity contribution < 1.29 is 9.50 Å². The molecule has 2 aromatic carbocycles. The molecule has 3 heteroatoms. The van der Waals surface area contributed by atoms with Crippen LogP contribution in [0, 0.1) is 11.7 Å². The van der Waals surface area contributed by atoms with Gasteiger partial charge in [0.25, 0.3) is 0 Å². The second-order valence-electron chi connectivity index (χ2n) is 5.77. The van der Waals surface area contributed by atoms with Crippen molar-refractivity contribution in [3.05, 3.63) is 72.1 Å². The standard InChI is InChI=1S/C18H15FOS/c1-2-11-10-18(11)14-5-3-4-6-16(14)21-15-8-7-12(19)9-13(15)17(18)20/h2-9,11,17,20H,1,10H2/t11?,17-,18?/m0/s1. The molecule has 1 aliphatic heterocycles. The fraction of sp³-hybridized carbons (Fsp3) is 0.222. The summed E-state index contributed by atoms with van der Waals surface area (Å²) in [6.07, 6.45) is 2.09. The molecular formula is C18H15FOS. The molecule has 0 radical (unpaired) electrons. The van der Waals surface area contributed by atoms with Crippen LogP contribution in [0.2, 0.25) is 0 Å². The third-order valence-electron chi connectivity index (χ3n) is 4.71. The van der Waals surface area contributed by atoms with E-state index in [0.717, 1.165) is 21.8 Å². The molecule has 0 amide bonds. The van der Waals surface area contributed by atoms with Gasteiger partial charge in [-0.15, -0.1) is 6.58 Å². The summed E-state index contributed by atoms with van der Waals surface area (Å²) in [4.78, 5) is 2.08. The van der Waals surface area contributed by atoms with E-state index in [-0.39, 0.29) is 17.2 Å². The first kappa shape index (κ1) is 13.1. The second kappa shape index (κ2) is 4.46. The van der Waals surface area contributed by atoms with Crippen LogP contribution in [0.5, 0.6) is 0 Å². The maximum Gasteiger partial charge on any atom is 0.123 e. The van der Waals surface area contributed by atoms with E-state index < -0.39 is 6.10 Å². The van der Waals surface area contributed by atoms with Crippen molar-refractivity contribution in [2.45, 2.75) is 27.7 Å². The average Bonchev–Trinajstić information content (AvgIpc) is 3.25. The summed E-state index contributed by atoms with van der Waals surface area (Å²) in [5, 5.41) is 11.0. The summed E-state index contributed by atoms with van der Waals surface area (Å²) in [6.45, 7) is 3.89. The minimum atomic E-state index is -0.692. The van der Waals surface area contributed by atoms with Crippen LogP contribution < -0.4 is 0 Å². The lowest BCUT2D eigenvalue weighted by Gasteiger charge is -2.24. The Morgan fingerprint density at radius 2 is 2.05 bits per heavy atom. The van der Waals surface area contributed by atoms with Crippen LogP contribution in [0.25, 0.3) is 0 Å². The first-order valence-corrected chi connectivity index (χ1v) is 7.86. The van der Waals surface area contributed by atoms with Crippen molar-refractivity contribution in [3.8, 4) is 0 Å². The first-order chi connectivity index (χ1) is 10.2. The Morgan fingerprint density at radius 1 is 1.24 bits per heavy atom. The summed E-state index contributed by atoms with van der Waals surface area (Å²) < 4.78 is 13.6. The number of benzene rings is 2. The van der Waals surface area contributed by atoms with Crippen LogP contribution in [-0.4, -0.2) is 5.11 Å². The quantitative estimate of drug-likeness (QED) is 0.784. The highest BCUT2D eigenvalue weighted by atomic mass is 32.2. The van der Waals surface area contributed by atoms with Gasteiger partial charge in [-0.05, 0) is 47.7 Å². The molecule has 0 aromatic heterocycles. The number of allylic oxidation sites excluding steroid dienone is 1. The van der Waals surface area contributed by atoms with Gasteiger partial charge in [0.15, 0.2) is 0 Å². The molecule has 2 aromatic rings. The summed E-state index contributed by atoms with van der Waals surface area (Å²) in [5.41, 5.74) is 1.51. The Labute approximate surface area is 127 Å². The zero-order valence-electron chi connectivity index (χ0n) is 11.4. The smallest absolute Gasteiger partial charge is 0.123 e. The molecular weight excluding hydrogens is 283 g/mol. The van der Waals surface area contributed by atoms with Crippen molar-refractivity contribution >= 4 is 11.8 Å². The van der Waals surface area contributed by atoms with Crippen LogP contribution in [0.3, 0.4) is 0 Å². The van der Waals surface area contributed by atoms with Gasteiger partial charge in [-0.25, -0.2) is 4.39 Å². The largest absolute Gasteiger partial charge is 0.387 e. The molecule has 2 unspecified atom stereocenters. The van der Waals surface area contributed by atoms with Crippen LogP contribution >= 0.6 is 11.8 Å². The lowest BCUT2D eigenvalue weighted by atomic mass is 9.84. The van der Waals surface area contributed by atoms with E-state index >= 15 is 0 Å². The number of aliphatic hydroxyl groups is 1. The van der Waals surface area contributed by atoms with Gasteiger partial charge in [-0.2, -0.15) is 0 Å². The molecule has 4 rings (SSSR count). The van der Waals surface area contributed by atoms with E-state index in [1.165, 1.54) is 12.1 Å². The van der Waals surface area contributed by atoms with Gasteiger partial charge in [0.2, 0.25) is 0 Å². The number of hydrogen-bond acceptors (Lipinski definition) is 2. The lowest BCUT2D eigenvalue weighted by Crippen LogP contribution is -2.20. The van der Waals surface area contributed by atoms with E-state index in [4.69, 9.17) is 0 Å². The monoisotopic (exact) mass is 298 g/mol. The fourth-order valence-corrected chi connectivity index (χ4v) is 4.71. The third-order valence-corrected chi connectivity index (χ3v) is 5.87. The molecule has 3 atom stereocenters. The van der Waals surface area contributed by atoms with Crippen molar-refractivity contribution in [3.63, 3.8) is 0 Å². The summed E-state index contributed by atoms with van der Waals surface area (Å²) >= 11 is 1.61. The van der Waals surface area contributed by atoms with E-state index in [2.05, 4.69) is 18.7 Å². The maximum atomic E-state index is 13.6. The van der Waals surface area contributed by atoms with Crippen molar-refractivity contribution in [2.75, 3.05) is 0 Å². The predicted molar refractivity (Wildman–Crippen MR) is 81.9 cm³/mol. The van der Waals surface area contributed by atoms with Gasteiger partial charge in [-0.1, -0.05) is 36.0 Å². The molecule has 1 N–H and O–H groups in total. The van der Waals surface area contributed by atoms with E-state index in [9.17, 15) is 9.50 Å². The number of hydrogen-bond donors (Lipinski definition) is 1. The maximum absolute atomic E-state index is 13.6. The highest BCUT2D eigenvalue weighted by molar-refractivity contribution is 7.99. The minimum Gasteiger partial charge on any atom is -0.387 e. The van der Waals surface area contributed by atoms with Gasteiger partial charge in [0, 0.05) is 15.2 Å². The number of aliphatic hydroxyl groups excluding tert-OH is 1. The summed E-state index contributed by atoms with van der Waals surface area (Å²) in [6, 6.07) is 12.9. The molecule has 2 aliphatic rings. The molecule has 1 fully saturated rings. The Hall–Kier alpha value is -1.58. The highest BCUT2D eigenvalue weighted by Gasteiger charge is 2.60. The third kappa shape index (κ3) is 1.74. The first-order valence-electron chi connectivity index (χ1n) is 7.04. The molecule has 0 bridgehead atoms. The Balaban J connectivity index is 1.98. The number of fused-ring (bicyclic) bond motifs is 3. The highest BCUT2D eigenvalue weighted by Crippen LogP contribution is 2.66. The SMILES string of the molecule is C=CC1CC12c1ccccc1Sc1ccc(F)cc1[C@@H]2O. The Morgan fingerprint density at radius 3 is 2.81 bits per heavy atom. The minimum absolute atomic E-state index is 0.239. The molecule has 1 nitrogen and oxygen atoms in total. The Kier molecular flexibility index (Phi) is 2.78. The van der Waals surface area contributed by atoms with Gasteiger partial charge >= 0.3 is 0 Å². The fourth-order valence-electron chi connectivity index (χ4n) is 3.53. The summed E-state index contributed by atoms with van der Waals surface area (Å²) in [5.74, 6) is -0.0613. The van der Waals surface area contributed by atoms with Gasteiger partial charge in [-0.3, -0.25) is 0 Å². The van der Waals surface area contributed by atoms with Crippen LogP contribution in [0.4, 0.5) is 4.39 Å². The Bertz CT molecular complexity index is 742. The predicted octanol–water partition coefficient (Wildman–Crippen LogP) is 4.47. The normalized spacial score (nSPS) is 29.4. The lowest BCUT2D eigenvalue weighted by molar-refractivity contribution is 0.125. The van der Waals surface area contributed by atoms with Crippen molar-refractivity contribution in [2.24, 2.45) is 5.92 Å². The molecule has 1 spiro atoms. The van der Waals surface area contributed by atoms with Crippen molar-refractivity contribution in [1.82, 2.24) is 0 Å². The molecule has 0 saturated heterocycles. The molecule has 1 aliphatic carbocycles. The number of halogens is 1. The zero-order valence-corrected chi connectivity index (χ0v) is 12.2. The topological polar surface area (TPSA) is 20.2 Å². The van der Waals surface area contributed by atoms with Gasteiger partial charge in [0.05, 0.1) is 6.10 Å². The molecule has 1 heterocycles. The molecule has 1 saturated carbocycles. The molecule has 21 heavy (non-hydrogen) atoms. The van der Waals surface area contributed by atoms with Crippen LogP contribution in [0.15, 0.2) is 64.9 Å². The average molecular weight is 298 g/mol. The zero-order chi connectivity index (χ0) is 14.6. The van der Waals surface area contributed by atoms with Gasteiger partial charge < -0.3 is 5.11 Å². The second-order valence-corrected chi connectivity index (χ2v) is 6.85. The van der Waals surface area contributed by atoms with E-state index in [1.54, 1.807) is 17.8 Å². The van der Waals surface area contributed by atoms with Crippen LogP contribution in [-0.2, 0) is 5.41 Å². The van der Waals surface area contributed by atoms with E-state index in [0.29, 0.717) is 5.56 Å². The van der Waals surface area contributed by atoms with Gasteiger partial charge in [0.1, 0.15) is 5.82 Å².